The van der Waals surface area contributed by atoms with Gasteiger partial charge >= 0.3 is 11.9 Å². The lowest BCUT2D eigenvalue weighted by atomic mass is 10.1. The summed E-state index contributed by atoms with van der Waals surface area (Å²) < 4.78 is 23.4. The largest absolute Gasteiger partial charge is 0.465 e. The monoisotopic (exact) mass is 347 g/mol. The van der Waals surface area contributed by atoms with Crippen LogP contribution in [-0.4, -0.2) is 35.9 Å². The summed E-state index contributed by atoms with van der Waals surface area (Å²) in [6.45, 7) is 4.61. The number of ketones is 1. The van der Waals surface area contributed by atoms with Gasteiger partial charge in [0.15, 0.2) is 6.10 Å². The summed E-state index contributed by atoms with van der Waals surface area (Å²) in [6.07, 6.45) is -1.16. The summed E-state index contributed by atoms with van der Waals surface area (Å²) in [6, 6.07) is 5.34. The number of nitrogens with one attached hydrogen (secondary N) is 1. The fourth-order valence-corrected chi connectivity index (χ4v) is 2.51. The van der Waals surface area contributed by atoms with Gasteiger partial charge in [-0.1, -0.05) is 12.1 Å². The quantitative estimate of drug-likeness (QED) is 0.664. The molecule has 6 nitrogen and oxygen atoms in total. The molecule has 1 aromatic carbocycles. The molecule has 1 N–H and O–H groups in total. The van der Waals surface area contributed by atoms with Crippen molar-refractivity contribution in [3.63, 3.8) is 0 Å². The number of hydrogen-bond donors (Lipinski definition) is 1. The summed E-state index contributed by atoms with van der Waals surface area (Å²) in [5.41, 5.74) is 1.03. The van der Waals surface area contributed by atoms with E-state index in [9.17, 15) is 18.8 Å². The van der Waals surface area contributed by atoms with Crippen molar-refractivity contribution >= 4 is 17.7 Å². The Kier molecular flexibility index (Phi) is 5.36. The molecule has 0 spiro atoms. The Balaban J connectivity index is 2.22. The van der Waals surface area contributed by atoms with Crippen LogP contribution in [0.2, 0.25) is 0 Å². The van der Waals surface area contributed by atoms with Crippen LogP contribution in [-0.2, 0) is 9.47 Å². The van der Waals surface area contributed by atoms with Gasteiger partial charge in [-0.25, -0.2) is 14.0 Å². The van der Waals surface area contributed by atoms with E-state index < -0.39 is 29.6 Å². The van der Waals surface area contributed by atoms with E-state index in [1.807, 2.05) is 0 Å². The molecular formula is C18H18FNO5. The predicted molar refractivity (Wildman–Crippen MR) is 87.2 cm³/mol. The molecule has 1 heterocycles. The third-order valence-corrected chi connectivity index (χ3v) is 3.82. The van der Waals surface area contributed by atoms with E-state index in [1.54, 1.807) is 13.8 Å². The number of methoxy groups -OCH3 is 1. The first kappa shape index (κ1) is 18.4. The normalized spacial score (nSPS) is 11.7. The molecular weight excluding hydrogens is 329 g/mol. The fourth-order valence-electron chi connectivity index (χ4n) is 2.51. The van der Waals surface area contributed by atoms with Crippen molar-refractivity contribution in [2.45, 2.75) is 26.9 Å². The highest BCUT2D eigenvalue weighted by Crippen LogP contribution is 2.21. The van der Waals surface area contributed by atoms with Crippen molar-refractivity contribution in [1.29, 1.82) is 0 Å². The van der Waals surface area contributed by atoms with Gasteiger partial charge in [0, 0.05) is 5.69 Å². The van der Waals surface area contributed by atoms with Gasteiger partial charge in [-0.3, -0.25) is 4.79 Å². The minimum absolute atomic E-state index is 0.145. The number of aromatic amines is 1. The van der Waals surface area contributed by atoms with E-state index in [4.69, 9.17) is 4.74 Å². The van der Waals surface area contributed by atoms with Crippen LogP contribution in [0.5, 0.6) is 0 Å². The maximum absolute atomic E-state index is 13.6. The van der Waals surface area contributed by atoms with E-state index >= 15 is 0 Å². The van der Waals surface area contributed by atoms with E-state index in [0.717, 1.165) is 6.07 Å². The number of carbonyl (C=O) groups excluding carboxylic acids is 3. The van der Waals surface area contributed by atoms with Crippen LogP contribution in [0, 0.1) is 19.7 Å². The molecule has 0 saturated carbocycles. The van der Waals surface area contributed by atoms with E-state index in [1.165, 1.54) is 32.2 Å². The third-order valence-electron chi connectivity index (χ3n) is 3.82. The Labute approximate surface area is 143 Å². The van der Waals surface area contributed by atoms with Crippen LogP contribution < -0.4 is 0 Å². The average molecular weight is 347 g/mol. The standard InChI is InChI=1S/C18H18FNO5/c1-9-14(18(23)24-4)10(2)20-15(9)16(21)11(3)25-17(22)12-7-5-6-8-13(12)19/h5-8,11,20H,1-4H3/t11-/m0/s1. The number of aromatic nitrogens is 1. The average Bonchev–Trinajstić information content (AvgIpc) is 2.88. The second-order valence-corrected chi connectivity index (χ2v) is 5.51. The van der Waals surface area contributed by atoms with Crippen molar-refractivity contribution in [1.82, 2.24) is 4.98 Å². The molecule has 2 rings (SSSR count). The number of esters is 2. The summed E-state index contributed by atoms with van der Waals surface area (Å²) in [7, 11) is 1.24. The Bertz CT molecular complexity index is 840. The van der Waals surface area contributed by atoms with E-state index in [2.05, 4.69) is 9.72 Å². The molecule has 0 radical (unpaired) electrons. The second-order valence-electron chi connectivity index (χ2n) is 5.51. The number of ether oxygens (including phenoxy) is 2. The summed E-state index contributed by atoms with van der Waals surface area (Å²) >= 11 is 0. The first-order chi connectivity index (χ1) is 11.8. The lowest BCUT2D eigenvalue weighted by Gasteiger charge is -2.12. The lowest BCUT2D eigenvalue weighted by Crippen LogP contribution is -2.25. The number of H-pyrrole nitrogens is 1. The fraction of sp³-hybridized carbons (Fsp3) is 0.278. The van der Waals surface area contributed by atoms with Crippen LogP contribution in [0.25, 0.3) is 0 Å². The molecule has 0 bridgehead atoms. The first-order valence-electron chi connectivity index (χ1n) is 7.55. The highest BCUT2D eigenvalue weighted by Gasteiger charge is 2.28. The van der Waals surface area contributed by atoms with Gasteiger partial charge in [-0.05, 0) is 38.5 Å². The zero-order chi connectivity index (χ0) is 18.7. The molecule has 0 aliphatic rings. The van der Waals surface area contributed by atoms with Crippen molar-refractivity contribution in [2.24, 2.45) is 0 Å². The number of hydrogen-bond acceptors (Lipinski definition) is 5. The lowest BCUT2D eigenvalue weighted by molar-refractivity contribution is 0.0312. The van der Waals surface area contributed by atoms with Crippen molar-refractivity contribution < 1.29 is 28.2 Å². The van der Waals surface area contributed by atoms with Gasteiger partial charge in [-0.15, -0.1) is 0 Å². The zero-order valence-electron chi connectivity index (χ0n) is 14.3. The third kappa shape index (κ3) is 3.60. The maximum Gasteiger partial charge on any atom is 0.341 e. The maximum atomic E-state index is 13.6. The van der Waals surface area contributed by atoms with Crippen LogP contribution in [0.3, 0.4) is 0 Å². The van der Waals surface area contributed by atoms with Crippen LogP contribution in [0.15, 0.2) is 24.3 Å². The molecule has 132 valence electrons. The van der Waals surface area contributed by atoms with Gasteiger partial charge in [-0.2, -0.15) is 0 Å². The SMILES string of the molecule is COC(=O)c1c(C)[nH]c(C(=O)[C@H](C)OC(=O)c2ccccc2F)c1C. The molecule has 1 atom stereocenters. The molecule has 1 aromatic heterocycles. The van der Waals surface area contributed by atoms with Crippen LogP contribution in [0.4, 0.5) is 4.39 Å². The predicted octanol–water partition coefficient (Wildman–Crippen LogP) is 2.99. The van der Waals surface area contributed by atoms with Gasteiger partial charge in [0.2, 0.25) is 5.78 Å². The zero-order valence-corrected chi connectivity index (χ0v) is 14.3. The van der Waals surface area contributed by atoms with E-state index in [-0.39, 0.29) is 16.8 Å². The number of aryl methyl sites for hydroxylation is 1. The molecule has 0 aliphatic heterocycles. The molecule has 25 heavy (non-hydrogen) atoms. The van der Waals surface area contributed by atoms with Gasteiger partial charge < -0.3 is 14.5 Å². The highest BCUT2D eigenvalue weighted by molar-refractivity contribution is 6.04. The van der Waals surface area contributed by atoms with Gasteiger partial charge in [0.1, 0.15) is 5.82 Å². The van der Waals surface area contributed by atoms with E-state index in [0.29, 0.717) is 11.3 Å². The molecule has 0 amide bonds. The second kappa shape index (κ2) is 7.29. The first-order valence-corrected chi connectivity index (χ1v) is 7.55. The van der Waals surface area contributed by atoms with Gasteiger partial charge in [0.05, 0.1) is 23.9 Å². The molecule has 0 saturated heterocycles. The highest BCUT2D eigenvalue weighted by atomic mass is 19.1. The Morgan fingerprint density at radius 2 is 1.76 bits per heavy atom. The molecule has 0 aliphatic carbocycles. The Morgan fingerprint density at radius 1 is 1.12 bits per heavy atom. The van der Waals surface area contributed by atoms with Crippen LogP contribution >= 0.6 is 0 Å². The number of rotatable bonds is 5. The number of Topliss-reactive ketones (excluding diaryl/α,β-unsaturated/α-hetero) is 1. The Hall–Kier alpha value is -2.96. The van der Waals surface area contributed by atoms with Crippen LogP contribution in [0.1, 0.15) is 49.4 Å². The summed E-state index contributed by atoms with van der Waals surface area (Å²) in [5.74, 6) is -2.76. The molecule has 2 aromatic rings. The minimum atomic E-state index is -1.16. The molecule has 0 fully saturated rings. The topological polar surface area (TPSA) is 85.5 Å². The van der Waals surface area contributed by atoms with Crippen molar-refractivity contribution in [2.75, 3.05) is 7.11 Å². The Morgan fingerprint density at radius 3 is 2.36 bits per heavy atom. The number of halogens is 1. The smallest absolute Gasteiger partial charge is 0.341 e. The molecule has 0 unspecified atom stereocenters. The number of benzene rings is 1. The van der Waals surface area contributed by atoms with Crippen molar-refractivity contribution in [3.8, 4) is 0 Å². The molecule has 7 heteroatoms. The minimum Gasteiger partial charge on any atom is -0.465 e. The number of carbonyl (C=O) groups is 3. The van der Waals surface area contributed by atoms with Crippen molar-refractivity contribution in [3.05, 3.63) is 58.2 Å². The summed E-state index contributed by atoms with van der Waals surface area (Å²) in [5, 5.41) is 0. The van der Waals surface area contributed by atoms with Gasteiger partial charge in [0.25, 0.3) is 0 Å². The summed E-state index contributed by atoms with van der Waals surface area (Å²) in [4.78, 5) is 39.2.